The molecule has 0 aliphatic heterocycles. The molecule has 21 heavy (non-hydrogen) atoms. The lowest BCUT2D eigenvalue weighted by Gasteiger charge is -2.22. The average molecular weight is 303 g/mol. The zero-order valence-electron chi connectivity index (χ0n) is 11.9. The normalized spacial score (nSPS) is 11.3. The van der Waals surface area contributed by atoms with Gasteiger partial charge >= 0.3 is 12.2 Å². The van der Waals surface area contributed by atoms with Gasteiger partial charge in [0.2, 0.25) is 0 Å². The Balaban J connectivity index is 2.67. The molecule has 7 heteroatoms. The maximum Gasteiger partial charge on any atom is 0.416 e. The highest BCUT2D eigenvalue weighted by atomic mass is 19.4. The van der Waals surface area contributed by atoms with Crippen molar-refractivity contribution >= 4 is 11.7 Å². The largest absolute Gasteiger partial charge is 0.416 e. The highest BCUT2D eigenvalue weighted by Gasteiger charge is 2.30. The van der Waals surface area contributed by atoms with Gasteiger partial charge in [-0.15, -0.1) is 0 Å². The van der Waals surface area contributed by atoms with E-state index in [2.05, 4.69) is 5.32 Å². The third kappa shape index (κ3) is 5.63. The lowest BCUT2D eigenvalue weighted by atomic mass is 10.2. The molecule has 3 N–H and O–H groups in total. The summed E-state index contributed by atoms with van der Waals surface area (Å²) in [6.45, 7) is 3.53. The number of nitrogens with zero attached hydrogens (tertiary/aromatic N) is 1. The van der Waals surface area contributed by atoms with Crippen molar-refractivity contribution in [2.24, 2.45) is 5.73 Å². The molecule has 0 bridgehead atoms. The smallest absolute Gasteiger partial charge is 0.330 e. The molecule has 0 saturated carbocycles. The first-order valence-corrected chi connectivity index (χ1v) is 6.81. The SMILES string of the molecule is CCCN(CCCN)C(=O)Nc1ccc(C(F)(F)F)cc1. The van der Waals surface area contributed by atoms with E-state index >= 15 is 0 Å². The summed E-state index contributed by atoms with van der Waals surface area (Å²) >= 11 is 0. The van der Waals surface area contributed by atoms with Gasteiger partial charge in [-0.2, -0.15) is 13.2 Å². The Hall–Kier alpha value is -1.76. The van der Waals surface area contributed by atoms with Crippen LogP contribution in [0, 0.1) is 0 Å². The first kappa shape index (κ1) is 17.3. The summed E-state index contributed by atoms with van der Waals surface area (Å²) in [5.74, 6) is 0. The van der Waals surface area contributed by atoms with Crippen molar-refractivity contribution < 1.29 is 18.0 Å². The maximum absolute atomic E-state index is 12.4. The number of nitrogens with two attached hydrogens (primary N) is 1. The van der Waals surface area contributed by atoms with Crippen LogP contribution in [0.1, 0.15) is 25.3 Å². The quantitative estimate of drug-likeness (QED) is 0.847. The summed E-state index contributed by atoms with van der Waals surface area (Å²) in [5.41, 5.74) is 5.01. The van der Waals surface area contributed by atoms with Crippen LogP contribution in [0.25, 0.3) is 0 Å². The Morgan fingerprint density at radius 3 is 2.33 bits per heavy atom. The number of halogens is 3. The molecular formula is C14H20F3N3O. The molecule has 0 aliphatic rings. The third-order valence-electron chi connectivity index (χ3n) is 2.88. The monoisotopic (exact) mass is 303 g/mol. The van der Waals surface area contributed by atoms with E-state index in [9.17, 15) is 18.0 Å². The second kappa shape index (κ2) is 7.87. The van der Waals surface area contributed by atoms with Crippen molar-refractivity contribution in [1.82, 2.24) is 4.90 Å². The Bertz CT molecular complexity index is 446. The van der Waals surface area contributed by atoms with Gasteiger partial charge in [0.1, 0.15) is 0 Å². The van der Waals surface area contributed by atoms with Gasteiger partial charge in [-0.3, -0.25) is 0 Å². The number of carbonyl (C=O) groups is 1. The number of urea groups is 1. The van der Waals surface area contributed by atoms with Crippen molar-refractivity contribution in [3.63, 3.8) is 0 Å². The van der Waals surface area contributed by atoms with Gasteiger partial charge in [0, 0.05) is 18.8 Å². The molecule has 118 valence electrons. The second-order valence-corrected chi connectivity index (χ2v) is 4.63. The molecule has 0 atom stereocenters. The number of hydrogen-bond acceptors (Lipinski definition) is 2. The van der Waals surface area contributed by atoms with Crippen LogP contribution < -0.4 is 11.1 Å². The number of anilines is 1. The van der Waals surface area contributed by atoms with E-state index in [4.69, 9.17) is 5.73 Å². The van der Waals surface area contributed by atoms with Gasteiger partial charge in [0.25, 0.3) is 0 Å². The van der Waals surface area contributed by atoms with E-state index in [1.54, 1.807) is 4.90 Å². The van der Waals surface area contributed by atoms with Gasteiger partial charge < -0.3 is 16.0 Å². The predicted octanol–water partition coefficient (Wildman–Crippen LogP) is 3.30. The van der Waals surface area contributed by atoms with E-state index in [1.807, 2.05) is 6.92 Å². The van der Waals surface area contributed by atoms with Crippen LogP contribution in [0.3, 0.4) is 0 Å². The van der Waals surface area contributed by atoms with Crippen LogP contribution in [-0.2, 0) is 6.18 Å². The first-order valence-electron chi connectivity index (χ1n) is 6.81. The van der Waals surface area contributed by atoms with Crippen molar-refractivity contribution in [1.29, 1.82) is 0 Å². The lowest BCUT2D eigenvalue weighted by Crippen LogP contribution is -2.37. The van der Waals surface area contributed by atoms with Crippen molar-refractivity contribution in [2.45, 2.75) is 25.9 Å². The van der Waals surface area contributed by atoms with Gasteiger partial charge in [-0.25, -0.2) is 4.79 Å². The molecule has 0 spiro atoms. The molecule has 0 saturated heterocycles. The van der Waals surface area contributed by atoms with Gasteiger partial charge in [0.05, 0.1) is 5.56 Å². The summed E-state index contributed by atoms with van der Waals surface area (Å²) in [4.78, 5) is 13.6. The molecule has 2 amide bonds. The van der Waals surface area contributed by atoms with E-state index in [-0.39, 0.29) is 6.03 Å². The molecule has 0 aliphatic carbocycles. The minimum absolute atomic E-state index is 0.329. The van der Waals surface area contributed by atoms with Crippen LogP contribution in [0.5, 0.6) is 0 Å². The molecule has 0 fully saturated rings. The standard InChI is InChI=1S/C14H20F3N3O/c1-2-9-20(10-3-8-18)13(21)19-12-6-4-11(5-7-12)14(15,16)17/h4-7H,2-3,8-10,18H2,1H3,(H,19,21). The zero-order chi connectivity index (χ0) is 15.9. The number of benzene rings is 1. The van der Waals surface area contributed by atoms with Crippen LogP contribution in [-0.4, -0.2) is 30.6 Å². The van der Waals surface area contributed by atoms with Gasteiger partial charge in [-0.1, -0.05) is 6.92 Å². The number of carbonyl (C=O) groups excluding carboxylic acids is 1. The minimum Gasteiger partial charge on any atom is -0.330 e. The van der Waals surface area contributed by atoms with Gasteiger partial charge in [-0.05, 0) is 43.7 Å². The molecule has 4 nitrogen and oxygen atoms in total. The fourth-order valence-electron chi connectivity index (χ4n) is 1.81. The topological polar surface area (TPSA) is 58.4 Å². The molecule has 0 radical (unpaired) electrons. The van der Waals surface area contributed by atoms with E-state index in [0.29, 0.717) is 31.7 Å². The number of hydrogen-bond donors (Lipinski definition) is 2. The van der Waals surface area contributed by atoms with Crippen LogP contribution in [0.2, 0.25) is 0 Å². The summed E-state index contributed by atoms with van der Waals surface area (Å²) in [6.07, 6.45) is -2.90. The molecular weight excluding hydrogens is 283 g/mol. The predicted molar refractivity (Wildman–Crippen MR) is 76.0 cm³/mol. The second-order valence-electron chi connectivity index (χ2n) is 4.63. The molecule has 0 heterocycles. The highest BCUT2D eigenvalue weighted by Crippen LogP contribution is 2.29. The Morgan fingerprint density at radius 2 is 1.86 bits per heavy atom. The van der Waals surface area contributed by atoms with Crippen LogP contribution in [0.15, 0.2) is 24.3 Å². The van der Waals surface area contributed by atoms with E-state index < -0.39 is 11.7 Å². The fraction of sp³-hybridized carbons (Fsp3) is 0.500. The van der Waals surface area contributed by atoms with Crippen molar-refractivity contribution in [2.75, 3.05) is 25.0 Å². The van der Waals surface area contributed by atoms with Crippen LogP contribution in [0.4, 0.5) is 23.7 Å². The zero-order valence-corrected chi connectivity index (χ0v) is 11.9. The van der Waals surface area contributed by atoms with Crippen LogP contribution >= 0.6 is 0 Å². The fourth-order valence-corrected chi connectivity index (χ4v) is 1.81. The maximum atomic E-state index is 12.4. The highest BCUT2D eigenvalue weighted by molar-refractivity contribution is 5.89. The van der Waals surface area contributed by atoms with Crippen molar-refractivity contribution in [3.8, 4) is 0 Å². The summed E-state index contributed by atoms with van der Waals surface area (Å²) in [6, 6.07) is 4.05. The summed E-state index contributed by atoms with van der Waals surface area (Å²) < 4.78 is 37.3. The molecule has 1 rings (SSSR count). The number of nitrogens with one attached hydrogen (secondary N) is 1. The molecule has 1 aromatic carbocycles. The lowest BCUT2D eigenvalue weighted by molar-refractivity contribution is -0.137. The summed E-state index contributed by atoms with van der Waals surface area (Å²) in [7, 11) is 0. The van der Waals surface area contributed by atoms with E-state index in [0.717, 1.165) is 18.6 Å². The number of alkyl halides is 3. The first-order chi connectivity index (χ1) is 9.88. The minimum atomic E-state index is -4.38. The Kier molecular flexibility index (Phi) is 6.48. The molecule has 1 aromatic rings. The molecule has 0 unspecified atom stereocenters. The van der Waals surface area contributed by atoms with Gasteiger partial charge in [0.15, 0.2) is 0 Å². The third-order valence-corrected chi connectivity index (χ3v) is 2.88. The summed E-state index contributed by atoms with van der Waals surface area (Å²) in [5, 5.41) is 2.59. The Labute approximate surface area is 122 Å². The van der Waals surface area contributed by atoms with Crippen molar-refractivity contribution in [3.05, 3.63) is 29.8 Å². The Morgan fingerprint density at radius 1 is 1.24 bits per heavy atom. The van der Waals surface area contributed by atoms with E-state index in [1.165, 1.54) is 12.1 Å². The number of rotatable bonds is 6. The average Bonchev–Trinajstić information content (AvgIpc) is 2.43. The number of amides is 2. The molecule has 0 aromatic heterocycles.